The van der Waals surface area contributed by atoms with Crippen molar-refractivity contribution in [3.05, 3.63) is 24.2 Å². The van der Waals surface area contributed by atoms with Crippen LogP contribution in [-0.4, -0.2) is 24.9 Å². The number of rotatable bonds is 9. The van der Waals surface area contributed by atoms with Crippen molar-refractivity contribution >= 4 is 11.8 Å². The van der Waals surface area contributed by atoms with Gasteiger partial charge in [0, 0.05) is 19.5 Å². The Balaban J connectivity index is 2.02. The summed E-state index contributed by atoms with van der Waals surface area (Å²) in [7, 11) is 0. The molecule has 1 heterocycles. The van der Waals surface area contributed by atoms with Crippen LogP contribution in [0.25, 0.3) is 0 Å². The fourth-order valence-corrected chi connectivity index (χ4v) is 1.65. The molecular weight excluding hydrogens is 244 g/mol. The standard InChI is InChI=1S/C14H22N2O3/c1-2-3-4-5-8-15-13(17)6-9-16-14(18)12-7-10-19-11-12/h7,10-11H,2-6,8-9H2,1H3,(H,15,17)(H,16,18). The number of furan rings is 1. The van der Waals surface area contributed by atoms with Crippen molar-refractivity contribution < 1.29 is 14.0 Å². The minimum atomic E-state index is -0.218. The van der Waals surface area contributed by atoms with Crippen molar-refractivity contribution in [3.63, 3.8) is 0 Å². The summed E-state index contributed by atoms with van der Waals surface area (Å²) in [5, 5.41) is 5.51. The summed E-state index contributed by atoms with van der Waals surface area (Å²) < 4.78 is 4.81. The molecule has 0 aliphatic rings. The van der Waals surface area contributed by atoms with Gasteiger partial charge in [-0.1, -0.05) is 26.2 Å². The number of nitrogens with one attached hydrogen (secondary N) is 2. The lowest BCUT2D eigenvalue weighted by molar-refractivity contribution is -0.120. The van der Waals surface area contributed by atoms with Gasteiger partial charge < -0.3 is 15.1 Å². The van der Waals surface area contributed by atoms with Crippen LogP contribution in [-0.2, 0) is 4.79 Å². The zero-order chi connectivity index (χ0) is 13.9. The maximum Gasteiger partial charge on any atom is 0.254 e. The van der Waals surface area contributed by atoms with Crippen LogP contribution >= 0.6 is 0 Å². The van der Waals surface area contributed by atoms with Crippen LogP contribution in [0.2, 0.25) is 0 Å². The maximum absolute atomic E-state index is 11.5. The lowest BCUT2D eigenvalue weighted by atomic mass is 10.2. The molecule has 0 aliphatic heterocycles. The first-order valence-corrected chi connectivity index (χ1v) is 6.81. The molecule has 0 aliphatic carbocycles. The van der Waals surface area contributed by atoms with Crippen molar-refractivity contribution in [3.8, 4) is 0 Å². The van der Waals surface area contributed by atoms with E-state index < -0.39 is 0 Å². The third-order valence-electron chi connectivity index (χ3n) is 2.77. The summed E-state index contributed by atoms with van der Waals surface area (Å²) in [6.45, 7) is 3.21. The Morgan fingerprint density at radius 3 is 2.68 bits per heavy atom. The van der Waals surface area contributed by atoms with E-state index in [1.165, 1.54) is 25.4 Å². The summed E-state index contributed by atoms with van der Waals surface area (Å²) in [4.78, 5) is 23.0. The second kappa shape index (κ2) is 9.19. The number of hydrogen-bond acceptors (Lipinski definition) is 3. The highest BCUT2D eigenvalue weighted by Crippen LogP contribution is 1.99. The van der Waals surface area contributed by atoms with Gasteiger partial charge in [0.2, 0.25) is 5.91 Å². The quantitative estimate of drug-likeness (QED) is 0.672. The molecule has 2 amide bonds. The highest BCUT2D eigenvalue weighted by atomic mass is 16.3. The molecule has 0 fully saturated rings. The van der Waals surface area contributed by atoms with Crippen molar-refractivity contribution in [2.24, 2.45) is 0 Å². The lowest BCUT2D eigenvalue weighted by Gasteiger charge is -2.05. The van der Waals surface area contributed by atoms with Crippen molar-refractivity contribution in [1.29, 1.82) is 0 Å². The Kier molecular flexibility index (Phi) is 7.39. The van der Waals surface area contributed by atoms with Gasteiger partial charge in [0.1, 0.15) is 6.26 Å². The summed E-state index contributed by atoms with van der Waals surface area (Å²) in [6.07, 6.45) is 7.68. The summed E-state index contributed by atoms with van der Waals surface area (Å²) in [6, 6.07) is 1.59. The molecule has 5 heteroatoms. The normalized spacial score (nSPS) is 10.2. The third-order valence-corrected chi connectivity index (χ3v) is 2.77. The average molecular weight is 266 g/mol. The van der Waals surface area contributed by atoms with Crippen LogP contribution in [0.3, 0.4) is 0 Å². The van der Waals surface area contributed by atoms with E-state index in [-0.39, 0.29) is 11.8 Å². The predicted molar refractivity (Wildman–Crippen MR) is 72.8 cm³/mol. The smallest absolute Gasteiger partial charge is 0.254 e. The number of hydrogen-bond donors (Lipinski definition) is 2. The van der Waals surface area contributed by atoms with Crippen LogP contribution < -0.4 is 10.6 Å². The van der Waals surface area contributed by atoms with Crippen LogP contribution in [0.5, 0.6) is 0 Å². The Bertz CT molecular complexity index is 374. The third kappa shape index (κ3) is 6.64. The minimum Gasteiger partial charge on any atom is -0.472 e. The lowest BCUT2D eigenvalue weighted by Crippen LogP contribution is -2.31. The van der Waals surface area contributed by atoms with E-state index in [1.54, 1.807) is 6.07 Å². The Morgan fingerprint density at radius 1 is 1.16 bits per heavy atom. The fourth-order valence-electron chi connectivity index (χ4n) is 1.65. The molecule has 106 valence electrons. The minimum absolute atomic E-state index is 0.0241. The van der Waals surface area contributed by atoms with E-state index in [4.69, 9.17) is 4.42 Å². The van der Waals surface area contributed by atoms with Crippen molar-refractivity contribution in [1.82, 2.24) is 10.6 Å². The van der Waals surface area contributed by atoms with Gasteiger partial charge in [0.25, 0.3) is 5.91 Å². The molecule has 5 nitrogen and oxygen atoms in total. The largest absolute Gasteiger partial charge is 0.472 e. The monoisotopic (exact) mass is 266 g/mol. The van der Waals surface area contributed by atoms with Crippen LogP contribution in [0.4, 0.5) is 0 Å². The molecule has 0 atom stereocenters. The van der Waals surface area contributed by atoms with Gasteiger partial charge in [-0.3, -0.25) is 9.59 Å². The molecule has 0 bridgehead atoms. The zero-order valence-electron chi connectivity index (χ0n) is 11.4. The SMILES string of the molecule is CCCCCCNC(=O)CCNC(=O)c1ccoc1. The van der Waals surface area contributed by atoms with E-state index in [2.05, 4.69) is 17.6 Å². The molecule has 0 unspecified atom stereocenters. The van der Waals surface area contributed by atoms with Crippen LogP contribution in [0.1, 0.15) is 49.4 Å². The topological polar surface area (TPSA) is 71.3 Å². The van der Waals surface area contributed by atoms with E-state index in [9.17, 15) is 9.59 Å². The second-order valence-corrected chi connectivity index (χ2v) is 4.43. The van der Waals surface area contributed by atoms with E-state index >= 15 is 0 Å². The van der Waals surface area contributed by atoms with E-state index in [1.807, 2.05) is 0 Å². The number of carbonyl (C=O) groups is 2. The van der Waals surface area contributed by atoms with Gasteiger partial charge in [-0.2, -0.15) is 0 Å². The summed E-state index contributed by atoms with van der Waals surface area (Å²) in [5.74, 6) is -0.242. The predicted octanol–water partition coefficient (Wildman–Crippen LogP) is 2.10. The molecular formula is C14H22N2O3. The molecule has 1 rings (SSSR count). The molecule has 0 saturated heterocycles. The van der Waals surface area contributed by atoms with Crippen LogP contribution in [0.15, 0.2) is 23.0 Å². The first kappa shape index (κ1) is 15.3. The molecule has 1 aromatic heterocycles. The first-order valence-electron chi connectivity index (χ1n) is 6.81. The highest BCUT2D eigenvalue weighted by molar-refractivity contribution is 5.93. The van der Waals surface area contributed by atoms with Gasteiger partial charge >= 0.3 is 0 Å². The zero-order valence-corrected chi connectivity index (χ0v) is 11.4. The highest BCUT2D eigenvalue weighted by Gasteiger charge is 2.07. The van der Waals surface area contributed by atoms with Crippen LogP contribution in [0, 0.1) is 0 Å². The van der Waals surface area contributed by atoms with Gasteiger partial charge in [0.05, 0.1) is 11.8 Å². The molecule has 0 aromatic carbocycles. The molecule has 2 N–H and O–H groups in total. The number of unbranched alkanes of at least 4 members (excludes halogenated alkanes) is 3. The Labute approximate surface area is 113 Å². The maximum atomic E-state index is 11.5. The Hall–Kier alpha value is -1.78. The fraction of sp³-hybridized carbons (Fsp3) is 0.571. The molecule has 0 saturated carbocycles. The van der Waals surface area contributed by atoms with Gasteiger partial charge in [-0.05, 0) is 12.5 Å². The summed E-state index contributed by atoms with van der Waals surface area (Å²) >= 11 is 0. The molecule has 1 aromatic rings. The molecule has 19 heavy (non-hydrogen) atoms. The Morgan fingerprint density at radius 2 is 2.00 bits per heavy atom. The van der Waals surface area contributed by atoms with Crippen molar-refractivity contribution in [2.45, 2.75) is 39.0 Å². The summed E-state index contributed by atoms with van der Waals surface area (Å²) in [5.41, 5.74) is 0.472. The first-order chi connectivity index (χ1) is 9.24. The number of amides is 2. The van der Waals surface area contributed by atoms with Crippen molar-refractivity contribution in [2.75, 3.05) is 13.1 Å². The van der Waals surface area contributed by atoms with Gasteiger partial charge in [-0.15, -0.1) is 0 Å². The molecule has 0 radical (unpaired) electrons. The average Bonchev–Trinajstić information content (AvgIpc) is 2.92. The second-order valence-electron chi connectivity index (χ2n) is 4.43. The molecule has 0 spiro atoms. The van der Waals surface area contributed by atoms with Gasteiger partial charge in [-0.25, -0.2) is 0 Å². The van der Waals surface area contributed by atoms with Gasteiger partial charge in [0.15, 0.2) is 0 Å². The number of carbonyl (C=O) groups excluding carboxylic acids is 2. The van der Waals surface area contributed by atoms with E-state index in [0.717, 1.165) is 12.8 Å². The van der Waals surface area contributed by atoms with E-state index in [0.29, 0.717) is 25.1 Å².